The molecule has 94 valence electrons. The smallest absolute Gasteiger partial charge is 0.0588 e. The molecule has 17 heavy (non-hydrogen) atoms. The molecule has 0 saturated carbocycles. The molecule has 0 bridgehead atoms. The number of hydrogen-bond donors (Lipinski definition) is 1. The third-order valence-corrected chi connectivity index (χ3v) is 4.48. The van der Waals surface area contributed by atoms with Gasteiger partial charge >= 0.3 is 0 Å². The van der Waals surface area contributed by atoms with E-state index >= 15 is 0 Å². The Morgan fingerprint density at radius 2 is 2.12 bits per heavy atom. The van der Waals surface area contributed by atoms with Crippen LogP contribution in [0.15, 0.2) is 29.2 Å². The van der Waals surface area contributed by atoms with Gasteiger partial charge in [0.1, 0.15) is 0 Å². The van der Waals surface area contributed by atoms with Crippen LogP contribution < -0.4 is 5.32 Å². The fourth-order valence-electron chi connectivity index (χ4n) is 2.00. The van der Waals surface area contributed by atoms with E-state index in [0.717, 1.165) is 13.2 Å². The van der Waals surface area contributed by atoms with Gasteiger partial charge < -0.3 is 10.1 Å². The van der Waals surface area contributed by atoms with E-state index in [0.29, 0.717) is 11.3 Å². The van der Waals surface area contributed by atoms with Crippen LogP contribution in [0.25, 0.3) is 0 Å². The zero-order valence-corrected chi connectivity index (χ0v) is 11.4. The van der Waals surface area contributed by atoms with Crippen LogP contribution in [-0.2, 0) is 4.74 Å². The summed E-state index contributed by atoms with van der Waals surface area (Å²) in [4.78, 5) is 1.35. The van der Waals surface area contributed by atoms with E-state index in [-0.39, 0.29) is 0 Å². The highest BCUT2D eigenvalue weighted by Gasteiger charge is 2.15. The Morgan fingerprint density at radius 3 is 2.71 bits per heavy atom. The number of nitrogens with one attached hydrogen (secondary N) is 1. The van der Waals surface area contributed by atoms with Crippen molar-refractivity contribution in [3.8, 4) is 0 Å². The van der Waals surface area contributed by atoms with Crippen LogP contribution >= 0.6 is 11.8 Å². The molecule has 0 radical (unpaired) electrons. The van der Waals surface area contributed by atoms with Crippen molar-refractivity contribution in [3.05, 3.63) is 29.8 Å². The molecule has 1 aliphatic heterocycles. The van der Waals surface area contributed by atoms with Gasteiger partial charge in [-0.1, -0.05) is 12.1 Å². The number of rotatable bonds is 4. The van der Waals surface area contributed by atoms with Gasteiger partial charge in [-0.05, 0) is 44.5 Å². The number of thioether (sulfide) groups is 1. The average molecular weight is 251 g/mol. The van der Waals surface area contributed by atoms with E-state index in [2.05, 4.69) is 36.5 Å². The van der Waals surface area contributed by atoms with E-state index in [1.54, 1.807) is 0 Å². The summed E-state index contributed by atoms with van der Waals surface area (Å²) in [7, 11) is 1.99. The molecule has 1 aliphatic rings. The molecule has 0 aliphatic carbocycles. The monoisotopic (exact) mass is 251 g/mol. The standard InChI is InChI=1S/C14H21NOS/c1-11(15-2)12-5-7-13(8-6-12)17-14-4-3-9-16-10-14/h5-8,11,14-15H,3-4,9-10H2,1-2H3. The molecule has 0 spiro atoms. The quantitative estimate of drug-likeness (QED) is 0.887. The number of benzene rings is 1. The first-order chi connectivity index (χ1) is 8.29. The third-order valence-electron chi connectivity index (χ3n) is 3.23. The lowest BCUT2D eigenvalue weighted by Crippen LogP contribution is -2.19. The van der Waals surface area contributed by atoms with Crippen molar-refractivity contribution in [1.82, 2.24) is 5.32 Å². The highest BCUT2D eigenvalue weighted by molar-refractivity contribution is 8.00. The van der Waals surface area contributed by atoms with Gasteiger partial charge in [0.25, 0.3) is 0 Å². The Hall–Kier alpha value is -0.510. The second-order valence-electron chi connectivity index (χ2n) is 4.54. The van der Waals surface area contributed by atoms with E-state index in [1.807, 2.05) is 18.8 Å². The minimum Gasteiger partial charge on any atom is -0.380 e. The van der Waals surface area contributed by atoms with Crippen LogP contribution in [0.5, 0.6) is 0 Å². The van der Waals surface area contributed by atoms with Crippen molar-refractivity contribution in [2.45, 2.75) is 36.0 Å². The molecule has 1 heterocycles. The van der Waals surface area contributed by atoms with E-state index in [1.165, 1.54) is 23.3 Å². The summed E-state index contributed by atoms with van der Waals surface area (Å²) in [5.74, 6) is 0. The van der Waals surface area contributed by atoms with Gasteiger partial charge in [0.15, 0.2) is 0 Å². The summed E-state index contributed by atoms with van der Waals surface area (Å²) < 4.78 is 5.50. The fourth-order valence-corrected chi connectivity index (χ4v) is 3.13. The molecular formula is C14H21NOS. The van der Waals surface area contributed by atoms with Crippen LogP contribution in [0, 0.1) is 0 Å². The number of ether oxygens (including phenoxy) is 1. The summed E-state index contributed by atoms with van der Waals surface area (Å²) in [6.07, 6.45) is 2.48. The molecule has 1 N–H and O–H groups in total. The first kappa shape index (κ1) is 12.9. The van der Waals surface area contributed by atoms with Crippen LogP contribution in [0.4, 0.5) is 0 Å². The van der Waals surface area contributed by atoms with E-state index < -0.39 is 0 Å². The molecule has 1 aromatic rings. The average Bonchev–Trinajstić information content (AvgIpc) is 2.40. The largest absolute Gasteiger partial charge is 0.380 e. The van der Waals surface area contributed by atoms with Crippen molar-refractivity contribution < 1.29 is 4.74 Å². The Morgan fingerprint density at radius 1 is 1.35 bits per heavy atom. The van der Waals surface area contributed by atoms with Gasteiger partial charge in [-0.2, -0.15) is 0 Å². The molecular weight excluding hydrogens is 230 g/mol. The molecule has 2 rings (SSSR count). The lowest BCUT2D eigenvalue weighted by atomic mass is 10.1. The van der Waals surface area contributed by atoms with Crippen LogP contribution in [0.3, 0.4) is 0 Å². The van der Waals surface area contributed by atoms with Gasteiger partial charge in [0.05, 0.1) is 6.61 Å². The zero-order valence-electron chi connectivity index (χ0n) is 10.6. The summed E-state index contributed by atoms with van der Waals surface area (Å²) in [5.41, 5.74) is 1.34. The van der Waals surface area contributed by atoms with Gasteiger partial charge in [0.2, 0.25) is 0 Å². The van der Waals surface area contributed by atoms with Crippen LogP contribution in [-0.4, -0.2) is 25.5 Å². The third kappa shape index (κ3) is 3.73. The van der Waals surface area contributed by atoms with Gasteiger partial charge in [-0.25, -0.2) is 0 Å². The Labute approximate surface area is 108 Å². The van der Waals surface area contributed by atoms with Crippen LogP contribution in [0.1, 0.15) is 31.4 Å². The first-order valence-electron chi connectivity index (χ1n) is 6.31. The van der Waals surface area contributed by atoms with Crippen LogP contribution in [0.2, 0.25) is 0 Å². The summed E-state index contributed by atoms with van der Waals surface area (Å²) >= 11 is 1.95. The molecule has 3 heteroatoms. The second kappa shape index (κ2) is 6.43. The SMILES string of the molecule is CNC(C)c1ccc(SC2CCCOC2)cc1. The topological polar surface area (TPSA) is 21.3 Å². The highest BCUT2D eigenvalue weighted by atomic mass is 32.2. The second-order valence-corrected chi connectivity index (χ2v) is 5.91. The lowest BCUT2D eigenvalue weighted by Gasteiger charge is -2.21. The van der Waals surface area contributed by atoms with Crippen molar-refractivity contribution >= 4 is 11.8 Å². The predicted octanol–water partition coefficient (Wildman–Crippen LogP) is 3.24. The summed E-state index contributed by atoms with van der Waals surface area (Å²) in [5, 5.41) is 3.89. The lowest BCUT2D eigenvalue weighted by molar-refractivity contribution is 0.101. The minimum absolute atomic E-state index is 0.423. The molecule has 2 unspecified atom stereocenters. The fraction of sp³-hybridized carbons (Fsp3) is 0.571. The maximum Gasteiger partial charge on any atom is 0.0588 e. The molecule has 0 aromatic heterocycles. The molecule has 2 nitrogen and oxygen atoms in total. The maximum absolute atomic E-state index is 5.50. The van der Waals surface area contributed by atoms with Crippen molar-refractivity contribution in [1.29, 1.82) is 0 Å². The maximum atomic E-state index is 5.50. The Bertz CT molecular complexity index is 333. The van der Waals surface area contributed by atoms with Crippen molar-refractivity contribution in [2.24, 2.45) is 0 Å². The van der Waals surface area contributed by atoms with Gasteiger partial charge in [-0.3, -0.25) is 0 Å². The van der Waals surface area contributed by atoms with E-state index in [4.69, 9.17) is 4.74 Å². The zero-order chi connectivity index (χ0) is 12.1. The van der Waals surface area contributed by atoms with Crippen molar-refractivity contribution in [2.75, 3.05) is 20.3 Å². The Kier molecular flexibility index (Phi) is 4.89. The highest BCUT2D eigenvalue weighted by Crippen LogP contribution is 2.29. The predicted molar refractivity (Wildman–Crippen MR) is 73.6 cm³/mol. The summed E-state index contributed by atoms with van der Waals surface area (Å²) in [6.45, 7) is 4.02. The van der Waals surface area contributed by atoms with Gasteiger partial charge in [-0.15, -0.1) is 11.8 Å². The summed E-state index contributed by atoms with van der Waals surface area (Å²) in [6, 6.07) is 9.30. The minimum atomic E-state index is 0.423. The van der Waals surface area contributed by atoms with Gasteiger partial charge in [0, 0.05) is 22.8 Å². The molecule has 0 amide bonds. The molecule has 1 fully saturated rings. The van der Waals surface area contributed by atoms with Crippen molar-refractivity contribution in [3.63, 3.8) is 0 Å². The Balaban J connectivity index is 1.93. The molecule has 2 atom stereocenters. The molecule has 1 aromatic carbocycles. The van der Waals surface area contributed by atoms with E-state index in [9.17, 15) is 0 Å². The number of hydrogen-bond acceptors (Lipinski definition) is 3. The first-order valence-corrected chi connectivity index (χ1v) is 7.19. The molecule has 1 saturated heterocycles. The normalized spacial score (nSPS) is 22.4.